The van der Waals surface area contributed by atoms with E-state index in [-0.39, 0.29) is 0 Å². The Bertz CT molecular complexity index is 279. The van der Waals surface area contributed by atoms with Crippen LogP contribution in [0.25, 0.3) is 0 Å². The molecule has 0 amide bonds. The molecule has 0 radical (unpaired) electrons. The SMILES string of the molecule is CC1CNC(C2CCCCC2)CN1CCS(C)=O. The second kappa shape index (κ2) is 7.01. The molecule has 1 N–H and O–H groups in total. The molecule has 2 aliphatic rings. The lowest BCUT2D eigenvalue weighted by atomic mass is 9.82. The van der Waals surface area contributed by atoms with E-state index in [1.54, 1.807) is 0 Å². The molecule has 0 aromatic heterocycles. The van der Waals surface area contributed by atoms with Crippen LogP contribution < -0.4 is 5.32 Å². The summed E-state index contributed by atoms with van der Waals surface area (Å²) in [5.41, 5.74) is 0. The molecule has 1 aliphatic heterocycles. The Kier molecular flexibility index (Phi) is 5.64. The van der Waals surface area contributed by atoms with Gasteiger partial charge in [0.05, 0.1) is 0 Å². The standard InChI is InChI=1S/C14H28N2OS/c1-12-10-15-14(13-6-4-3-5-7-13)11-16(12)8-9-18(2)17/h12-15H,3-11H2,1-2H3. The predicted octanol–water partition coefficient (Wildman–Crippen LogP) is 1.61. The summed E-state index contributed by atoms with van der Waals surface area (Å²) >= 11 is 0. The molecule has 0 aromatic carbocycles. The molecule has 18 heavy (non-hydrogen) atoms. The van der Waals surface area contributed by atoms with Gasteiger partial charge in [-0.05, 0) is 25.7 Å². The first-order valence-corrected chi connectivity index (χ1v) is 9.17. The Labute approximate surface area is 114 Å². The normalized spacial score (nSPS) is 33.4. The van der Waals surface area contributed by atoms with Crippen molar-refractivity contribution in [3.05, 3.63) is 0 Å². The second-order valence-electron chi connectivity index (χ2n) is 6.03. The molecule has 3 atom stereocenters. The van der Waals surface area contributed by atoms with Crippen LogP contribution in [0.15, 0.2) is 0 Å². The molecule has 1 aliphatic carbocycles. The van der Waals surface area contributed by atoms with Gasteiger partial charge in [-0.25, -0.2) is 0 Å². The van der Waals surface area contributed by atoms with Crippen molar-refractivity contribution in [2.75, 3.05) is 31.6 Å². The third kappa shape index (κ3) is 4.04. The van der Waals surface area contributed by atoms with Crippen LogP contribution in [0.1, 0.15) is 39.0 Å². The van der Waals surface area contributed by atoms with Crippen LogP contribution in [0.5, 0.6) is 0 Å². The van der Waals surface area contributed by atoms with Gasteiger partial charge in [0, 0.05) is 54.5 Å². The fraction of sp³-hybridized carbons (Fsp3) is 1.00. The van der Waals surface area contributed by atoms with Gasteiger partial charge in [-0.1, -0.05) is 19.3 Å². The first kappa shape index (κ1) is 14.5. The van der Waals surface area contributed by atoms with Crippen LogP contribution in [0.2, 0.25) is 0 Å². The molecule has 3 unspecified atom stereocenters. The molecule has 0 bridgehead atoms. The first-order valence-electron chi connectivity index (χ1n) is 7.44. The molecular weight excluding hydrogens is 244 g/mol. The van der Waals surface area contributed by atoms with E-state index in [0.29, 0.717) is 12.1 Å². The number of piperazine rings is 1. The summed E-state index contributed by atoms with van der Waals surface area (Å²) in [6.07, 6.45) is 8.87. The van der Waals surface area contributed by atoms with E-state index < -0.39 is 10.8 Å². The minimum Gasteiger partial charge on any atom is -0.311 e. The largest absolute Gasteiger partial charge is 0.311 e. The number of hydrogen-bond donors (Lipinski definition) is 1. The highest BCUT2D eigenvalue weighted by molar-refractivity contribution is 7.84. The Morgan fingerprint density at radius 3 is 2.67 bits per heavy atom. The Hall–Kier alpha value is 0.0700. The van der Waals surface area contributed by atoms with Crippen LogP contribution in [0.4, 0.5) is 0 Å². The summed E-state index contributed by atoms with van der Waals surface area (Å²) in [4.78, 5) is 2.54. The third-order valence-electron chi connectivity index (χ3n) is 4.61. The zero-order valence-electron chi connectivity index (χ0n) is 11.9. The summed E-state index contributed by atoms with van der Waals surface area (Å²) in [6.45, 7) is 5.53. The molecule has 2 fully saturated rings. The fourth-order valence-electron chi connectivity index (χ4n) is 3.36. The molecule has 2 rings (SSSR count). The van der Waals surface area contributed by atoms with E-state index in [0.717, 1.165) is 31.3 Å². The molecule has 4 heteroatoms. The zero-order valence-corrected chi connectivity index (χ0v) is 12.7. The maximum atomic E-state index is 11.2. The maximum absolute atomic E-state index is 11.2. The highest BCUT2D eigenvalue weighted by Crippen LogP contribution is 2.28. The highest BCUT2D eigenvalue weighted by atomic mass is 32.2. The molecule has 0 spiro atoms. The van der Waals surface area contributed by atoms with Crippen LogP contribution in [0, 0.1) is 5.92 Å². The molecule has 1 saturated heterocycles. The van der Waals surface area contributed by atoms with Gasteiger partial charge in [0.1, 0.15) is 0 Å². The molecule has 1 heterocycles. The summed E-state index contributed by atoms with van der Waals surface area (Å²) in [5.74, 6) is 1.70. The lowest BCUT2D eigenvalue weighted by molar-refractivity contribution is 0.110. The van der Waals surface area contributed by atoms with Crippen molar-refractivity contribution in [1.82, 2.24) is 10.2 Å². The summed E-state index contributed by atoms with van der Waals surface area (Å²) in [6, 6.07) is 1.26. The summed E-state index contributed by atoms with van der Waals surface area (Å²) < 4.78 is 11.2. The van der Waals surface area contributed by atoms with E-state index in [1.807, 2.05) is 6.26 Å². The van der Waals surface area contributed by atoms with Gasteiger partial charge < -0.3 is 5.32 Å². The smallest absolute Gasteiger partial charge is 0.0359 e. The maximum Gasteiger partial charge on any atom is 0.0359 e. The average Bonchev–Trinajstić information content (AvgIpc) is 2.38. The van der Waals surface area contributed by atoms with Gasteiger partial charge in [-0.2, -0.15) is 0 Å². The summed E-state index contributed by atoms with van der Waals surface area (Å²) in [7, 11) is -0.660. The van der Waals surface area contributed by atoms with Crippen molar-refractivity contribution < 1.29 is 4.21 Å². The first-order chi connectivity index (χ1) is 8.66. The van der Waals surface area contributed by atoms with Crippen LogP contribution in [-0.2, 0) is 10.8 Å². The van der Waals surface area contributed by atoms with Gasteiger partial charge >= 0.3 is 0 Å². The molecule has 106 valence electrons. The Morgan fingerprint density at radius 2 is 2.00 bits per heavy atom. The minimum absolute atomic E-state index is 0.591. The van der Waals surface area contributed by atoms with Crippen molar-refractivity contribution in [2.24, 2.45) is 5.92 Å². The number of nitrogens with zero attached hydrogens (tertiary/aromatic N) is 1. The molecule has 3 nitrogen and oxygen atoms in total. The van der Waals surface area contributed by atoms with Crippen molar-refractivity contribution in [2.45, 2.75) is 51.1 Å². The van der Waals surface area contributed by atoms with Gasteiger partial charge in [-0.15, -0.1) is 0 Å². The average molecular weight is 272 g/mol. The van der Waals surface area contributed by atoms with Crippen LogP contribution >= 0.6 is 0 Å². The molecule has 0 aromatic rings. The zero-order chi connectivity index (χ0) is 13.0. The summed E-state index contributed by atoms with van der Waals surface area (Å²) in [5, 5.41) is 3.74. The minimum atomic E-state index is -0.660. The van der Waals surface area contributed by atoms with Gasteiger partial charge in [0.25, 0.3) is 0 Å². The van der Waals surface area contributed by atoms with Crippen LogP contribution in [0.3, 0.4) is 0 Å². The lowest BCUT2D eigenvalue weighted by Gasteiger charge is -2.42. The monoisotopic (exact) mass is 272 g/mol. The number of hydrogen-bond acceptors (Lipinski definition) is 3. The van der Waals surface area contributed by atoms with E-state index in [2.05, 4.69) is 17.1 Å². The molecular formula is C14H28N2OS. The second-order valence-corrected chi connectivity index (χ2v) is 7.59. The lowest BCUT2D eigenvalue weighted by Crippen LogP contribution is -2.58. The van der Waals surface area contributed by atoms with Crippen molar-refractivity contribution in [1.29, 1.82) is 0 Å². The fourth-order valence-corrected chi connectivity index (χ4v) is 3.85. The van der Waals surface area contributed by atoms with Gasteiger partial charge in [0.15, 0.2) is 0 Å². The highest BCUT2D eigenvalue weighted by Gasteiger charge is 2.30. The van der Waals surface area contributed by atoms with E-state index >= 15 is 0 Å². The van der Waals surface area contributed by atoms with Crippen molar-refractivity contribution in [3.63, 3.8) is 0 Å². The van der Waals surface area contributed by atoms with Crippen LogP contribution in [-0.4, -0.2) is 52.8 Å². The Balaban J connectivity index is 1.84. The number of rotatable bonds is 4. The van der Waals surface area contributed by atoms with Crippen molar-refractivity contribution in [3.8, 4) is 0 Å². The molecule has 1 saturated carbocycles. The van der Waals surface area contributed by atoms with Crippen molar-refractivity contribution >= 4 is 10.8 Å². The number of nitrogens with one attached hydrogen (secondary N) is 1. The predicted molar refractivity (Wildman–Crippen MR) is 78.3 cm³/mol. The van der Waals surface area contributed by atoms with Gasteiger partial charge in [0.2, 0.25) is 0 Å². The third-order valence-corrected chi connectivity index (χ3v) is 5.37. The quantitative estimate of drug-likeness (QED) is 0.844. The van der Waals surface area contributed by atoms with E-state index in [4.69, 9.17) is 0 Å². The Morgan fingerprint density at radius 1 is 1.28 bits per heavy atom. The van der Waals surface area contributed by atoms with E-state index in [1.165, 1.54) is 32.1 Å². The van der Waals surface area contributed by atoms with Gasteiger partial charge in [-0.3, -0.25) is 9.11 Å². The topological polar surface area (TPSA) is 32.3 Å². The van der Waals surface area contributed by atoms with E-state index in [9.17, 15) is 4.21 Å².